The molecule has 1 rings (SSSR count). The Hall–Kier alpha value is -1.73. The van der Waals surface area contributed by atoms with Gasteiger partial charge in [-0.2, -0.15) is 13.2 Å². The zero-order valence-electron chi connectivity index (χ0n) is 8.64. The van der Waals surface area contributed by atoms with Crippen LogP contribution in [0.15, 0.2) is 24.3 Å². The Labute approximate surface area is 97.4 Å². The summed E-state index contributed by atoms with van der Waals surface area (Å²) in [6.07, 6.45) is -10.0. The summed E-state index contributed by atoms with van der Waals surface area (Å²) < 4.78 is 75.2. The van der Waals surface area contributed by atoms with Crippen LogP contribution in [0.5, 0.6) is 0 Å². The van der Waals surface area contributed by atoms with Crippen molar-refractivity contribution in [3.63, 3.8) is 0 Å². The molecule has 0 saturated heterocycles. The van der Waals surface area contributed by atoms with Crippen LogP contribution in [0.3, 0.4) is 0 Å². The van der Waals surface area contributed by atoms with E-state index in [1.807, 2.05) is 0 Å². The Morgan fingerprint density at radius 2 is 1.50 bits per heavy atom. The molecule has 100 valence electrons. The van der Waals surface area contributed by atoms with Crippen LogP contribution in [-0.4, -0.2) is 18.5 Å². The minimum Gasteiger partial charge on any atom is -0.366 e. The summed E-state index contributed by atoms with van der Waals surface area (Å²) >= 11 is 0. The van der Waals surface area contributed by atoms with Crippen molar-refractivity contribution in [2.24, 2.45) is 5.73 Å². The maximum absolute atomic E-state index is 13.5. The average molecular weight is 271 g/mol. The Bertz CT molecular complexity index is 441. The average Bonchev–Trinajstić information content (AvgIpc) is 2.26. The summed E-state index contributed by atoms with van der Waals surface area (Å²) in [5, 5.41) is 0. The first-order valence-corrected chi connectivity index (χ1v) is 4.55. The number of nitrogens with two attached hydrogens (primary N) is 1. The molecule has 2 nitrogen and oxygen atoms in total. The number of rotatable bonds is 3. The van der Waals surface area contributed by atoms with Crippen molar-refractivity contribution in [1.29, 1.82) is 0 Å². The smallest absolute Gasteiger partial charge is 0.366 e. The van der Waals surface area contributed by atoms with E-state index in [0.717, 1.165) is 12.1 Å². The highest BCUT2D eigenvalue weighted by Crippen LogP contribution is 2.46. The molecule has 1 aromatic rings. The molecule has 0 bridgehead atoms. The number of halogens is 6. The van der Waals surface area contributed by atoms with Gasteiger partial charge < -0.3 is 5.73 Å². The highest BCUT2D eigenvalue weighted by Gasteiger charge is 2.63. The normalized spacial score (nSPS) is 15.5. The molecule has 8 heteroatoms. The summed E-state index contributed by atoms with van der Waals surface area (Å²) in [6, 6.07) is 2.42. The van der Waals surface area contributed by atoms with Crippen molar-refractivity contribution in [3.05, 3.63) is 35.4 Å². The lowest BCUT2D eigenvalue weighted by atomic mass is 9.94. The second-order valence-electron chi connectivity index (χ2n) is 3.45. The zero-order chi connectivity index (χ0) is 14.1. The van der Waals surface area contributed by atoms with Gasteiger partial charge in [-0.25, -0.2) is 13.2 Å². The highest BCUT2D eigenvalue weighted by molar-refractivity contribution is 5.92. The Morgan fingerprint density at radius 1 is 1.06 bits per heavy atom. The van der Waals surface area contributed by atoms with E-state index in [2.05, 4.69) is 0 Å². The largest absolute Gasteiger partial charge is 0.432 e. The van der Waals surface area contributed by atoms with Gasteiger partial charge in [-0.15, -0.1) is 0 Å². The maximum Gasteiger partial charge on any atom is 0.432 e. The molecule has 0 saturated carbocycles. The van der Waals surface area contributed by atoms with Crippen LogP contribution in [0.25, 0.3) is 0 Å². The van der Waals surface area contributed by atoms with Crippen LogP contribution in [0.1, 0.15) is 15.9 Å². The van der Waals surface area contributed by atoms with Crippen molar-refractivity contribution >= 4 is 5.91 Å². The number of carbonyl (C=O) groups is 1. The van der Waals surface area contributed by atoms with Gasteiger partial charge in [0, 0.05) is 11.1 Å². The van der Waals surface area contributed by atoms with E-state index < -0.39 is 29.7 Å². The molecule has 0 radical (unpaired) electrons. The summed E-state index contributed by atoms with van der Waals surface area (Å²) in [7, 11) is 0. The quantitative estimate of drug-likeness (QED) is 0.844. The van der Waals surface area contributed by atoms with Crippen LogP contribution in [0.2, 0.25) is 0 Å². The van der Waals surface area contributed by atoms with Gasteiger partial charge in [0.15, 0.2) is 0 Å². The molecule has 0 aliphatic rings. The fourth-order valence-corrected chi connectivity index (χ4v) is 1.29. The van der Waals surface area contributed by atoms with Gasteiger partial charge >= 0.3 is 6.18 Å². The zero-order valence-corrected chi connectivity index (χ0v) is 8.64. The molecule has 0 aromatic heterocycles. The molecule has 18 heavy (non-hydrogen) atoms. The standard InChI is InChI=1S/C10H7F6NO/c11-8(12)9(13,10(14,15)16)6-3-1-5(2-4-6)7(17)18/h1-4,8H,(H2,17,18). The predicted molar refractivity (Wildman–Crippen MR) is 49.8 cm³/mol. The molecule has 1 amide bonds. The molecule has 1 aromatic carbocycles. The Balaban J connectivity index is 3.28. The van der Waals surface area contributed by atoms with Crippen molar-refractivity contribution in [3.8, 4) is 0 Å². The third-order valence-corrected chi connectivity index (χ3v) is 2.30. The van der Waals surface area contributed by atoms with Crippen molar-refractivity contribution in [1.82, 2.24) is 0 Å². The van der Waals surface area contributed by atoms with Crippen LogP contribution < -0.4 is 5.73 Å². The van der Waals surface area contributed by atoms with E-state index in [4.69, 9.17) is 5.73 Å². The molecule has 0 spiro atoms. The number of amides is 1. The second-order valence-corrected chi connectivity index (χ2v) is 3.45. The number of hydrogen-bond donors (Lipinski definition) is 1. The van der Waals surface area contributed by atoms with Crippen molar-refractivity contribution in [2.75, 3.05) is 0 Å². The van der Waals surface area contributed by atoms with E-state index >= 15 is 0 Å². The molecule has 1 unspecified atom stereocenters. The van der Waals surface area contributed by atoms with Crippen LogP contribution in [-0.2, 0) is 5.67 Å². The predicted octanol–water partition coefficient (Wildman–Crippen LogP) is 2.78. The summed E-state index contributed by atoms with van der Waals surface area (Å²) in [5.41, 5.74) is -1.45. The number of alkyl halides is 6. The van der Waals surface area contributed by atoms with Gasteiger partial charge in [-0.3, -0.25) is 4.79 Å². The van der Waals surface area contributed by atoms with Crippen LogP contribution >= 0.6 is 0 Å². The minimum atomic E-state index is -5.77. The molecule has 0 aliphatic carbocycles. The van der Waals surface area contributed by atoms with Crippen molar-refractivity contribution < 1.29 is 31.1 Å². The van der Waals surface area contributed by atoms with E-state index in [-0.39, 0.29) is 5.56 Å². The first kappa shape index (κ1) is 14.3. The lowest BCUT2D eigenvalue weighted by molar-refractivity contribution is -0.274. The monoisotopic (exact) mass is 271 g/mol. The SMILES string of the molecule is NC(=O)c1ccc(C(F)(C(F)F)C(F)(F)F)cc1. The fraction of sp³-hybridized carbons (Fsp3) is 0.300. The molecule has 0 heterocycles. The molecule has 2 N–H and O–H groups in total. The van der Waals surface area contributed by atoms with E-state index in [1.54, 1.807) is 0 Å². The lowest BCUT2D eigenvalue weighted by Crippen LogP contribution is -2.44. The third kappa shape index (κ3) is 2.27. The summed E-state index contributed by atoms with van der Waals surface area (Å²) in [4.78, 5) is 10.7. The highest BCUT2D eigenvalue weighted by atomic mass is 19.4. The fourth-order valence-electron chi connectivity index (χ4n) is 1.29. The van der Waals surface area contributed by atoms with E-state index in [0.29, 0.717) is 12.1 Å². The van der Waals surface area contributed by atoms with Gasteiger partial charge in [0.2, 0.25) is 5.91 Å². The minimum absolute atomic E-state index is 0.211. The van der Waals surface area contributed by atoms with Gasteiger partial charge in [-0.1, -0.05) is 12.1 Å². The first-order valence-electron chi connectivity index (χ1n) is 4.55. The Kier molecular flexibility index (Phi) is 3.59. The molecule has 0 fully saturated rings. The first-order chi connectivity index (χ1) is 8.10. The lowest BCUT2D eigenvalue weighted by Gasteiger charge is -2.27. The van der Waals surface area contributed by atoms with Gasteiger partial charge in [-0.05, 0) is 12.1 Å². The molecule has 1 atom stereocenters. The number of carbonyl (C=O) groups excluding carboxylic acids is 1. The number of benzene rings is 1. The van der Waals surface area contributed by atoms with Crippen molar-refractivity contribution in [2.45, 2.75) is 18.3 Å². The summed E-state index contributed by atoms with van der Waals surface area (Å²) in [5.74, 6) is -0.963. The Morgan fingerprint density at radius 3 is 1.78 bits per heavy atom. The number of primary amides is 1. The van der Waals surface area contributed by atoms with E-state index in [9.17, 15) is 31.1 Å². The topological polar surface area (TPSA) is 43.1 Å². The molecular formula is C10H7F6NO. The second kappa shape index (κ2) is 4.51. The number of hydrogen-bond acceptors (Lipinski definition) is 1. The van der Waals surface area contributed by atoms with E-state index in [1.165, 1.54) is 0 Å². The molecular weight excluding hydrogens is 264 g/mol. The summed E-state index contributed by atoms with van der Waals surface area (Å²) in [6.45, 7) is 0. The third-order valence-electron chi connectivity index (χ3n) is 2.30. The maximum atomic E-state index is 13.5. The van der Waals surface area contributed by atoms with Gasteiger partial charge in [0.1, 0.15) is 0 Å². The van der Waals surface area contributed by atoms with Crippen LogP contribution in [0, 0.1) is 0 Å². The van der Waals surface area contributed by atoms with Gasteiger partial charge in [0.25, 0.3) is 12.1 Å². The van der Waals surface area contributed by atoms with Crippen LogP contribution in [0.4, 0.5) is 26.3 Å². The van der Waals surface area contributed by atoms with Gasteiger partial charge in [0.05, 0.1) is 0 Å². The molecule has 0 aliphatic heterocycles.